The molecule has 3 aromatic rings. The predicted molar refractivity (Wildman–Crippen MR) is 99.0 cm³/mol. The largest absolute Gasteiger partial charge is 0.507 e. The van der Waals surface area contributed by atoms with Gasteiger partial charge in [-0.1, -0.05) is 24.3 Å². The first-order valence-corrected chi connectivity index (χ1v) is 8.38. The summed E-state index contributed by atoms with van der Waals surface area (Å²) >= 11 is 0. The molecule has 0 aliphatic carbocycles. The highest BCUT2D eigenvalue weighted by Crippen LogP contribution is 2.30. The minimum absolute atomic E-state index is 0.287. The summed E-state index contributed by atoms with van der Waals surface area (Å²) in [6.07, 6.45) is 3.53. The maximum absolute atomic E-state index is 10.5. The van der Waals surface area contributed by atoms with Crippen LogP contribution in [-0.4, -0.2) is 28.2 Å². The number of hydrogen-bond donors (Lipinski definition) is 3. The molecule has 2 aromatic heterocycles. The molecular formula is C20H22N4O. The van der Waals surface area contributed by atoms with E-state index < -0.39 is 0 Å². The van der Waals surface area contributed by atoms with Crippen LogP contribution in [0.1, 0.15) is 11.3 Å². The summed E-state index contributed by atoms with van der Waals surface area (Å²) in [6.45, 7) is 3.00. The second-order valence-electron chi connectivity index (χ2n) is 5.70. The normalized spacial score (nSPS) is 10.7. The number of nitrogens with one attached hydrogen (secondary N) is 2. The summed E-state index contributed by atoms with van der Waals surface area (Å²) in [5.41, 5.74) is 3.43. The summed E-state index contributed by atoms with van der Waals surface area (Å²) in [5.74, 6) is 0.287. The van der Waals surface area contributed by atoms with E-state index in [0.29, 0.717) is 6.54 Å². The van der Waals surface area contributed by atoms with Gasteiger partial charge in [0.25, 0.3) is 0 Å². The topological polar surface area (TPSA) is 70.1 Å². The Kier molecular flexibility index (Phi) is 6.09. The van der Waals surface area contributed by atoms with Gasteiger partial charge in [-0.2, -0.15) is 0 Å². The molecule has 2 heterocycles. The van der Waals surface area contributed by atoms with Gasteiger partial charge in [0.05, 0.1) is 11.4 Å². The standard InChI is InChI=1S/C20H22N4O/c25-20-16(6-5-8-18(20)19-9-2-4-11-24-19)14-21-12-13-22-15-17-7-1-3-10-23-17/h1-11,21-22,25H,12-15H2. The van der Waals surface area contributed by atoms with Crippen LogP contribution in [-0.2, 0) is 13.1 Å². The van der Waals surface area contributed by atoms with Crippen molar-refractivity contribution in [3.8, 4) is 17.0 Å². The Balaban J connectivity index is 1.47. The van der Waals surface area contributed by atoms with Crippen molar-refractivity contribution in [3.63, 3.8) is 0 Å². The van der Waals surface area contributed by atoms with E-state index in [2.05, 4.69) is 20.6 Å². The first-order valence-electron chi connectivity index (χ1n) is 8.38. The smallest absolute Gasteiger partial charge is 0.129 e. The van der Waals surface area contributed by atoms with Gasteiger partial charge in [-0.25, -0.2) is 0 Å². The van der Waals surface area contributed by atoms with E-state index in [0.717, 1.165) is 42.1 Å². The lowest BCUT2D eigenvalue weighted by molar-refractivity contribution is 0.466. The summed E-state index contributed by atoms with van der Waals surface area (Å²) in [4.78, 5) is 8.58. The third kappa shape index (κ3) is 4.86. The van der Waals surface area contributed by atoms with Crippen LogP contribution >= 0.6 is 0 Å². The van der Waals surface area contributed by atoms with Crippen molar-refractivity contribution < 1.29 is 5.11 Å². The van der Waals surface area contributed by atoms with Crippen LogP contribution in [0.5, 0.6) is 5.75 Å². The predicted octanol–water partition coefficient (Wildman–Crippen LogP) is 2.73. The van der Waals surface area contributed by atoms with E-state index in [9.17, 15) is 5.11 Å². The molecule has 0 atom stereocenters. The summed E-state index contributed by atoms with van der Waals surface area (Å²) in [7, 11) is 0. The van der Waals surface area contributed by atoms with Gasteiger partial charge >= 0.3 is 0 Å². The van der Waals surface area contributed by atoms with Gasteiger partial charge in [0.15, 0.2) is 0 Å². The second-order valence-corrected chi connectivity index (χ2v) is 5.70. The number of benzene rings is 1. The molecule has 0 amide bonds. The molecule has 5 heteroatoms. The van der Waals surface area contributed by atoms with Crippen molar-refractivity contribution >= 4 is 0 Å². The monoisotopic (exact) mass is 334 g/mol. The molecule has 128 valence electrons. The number of nitrogens with zero attached hydrogens (tertiary/aromatic N) is 2. The molecule has 0 radical (unpaired) electrons. The lowest BCUT2D eigenvalue weighted by Gasteiger charge is -2.11. The Labute approximate surface area is 147 Å². The van der Waals surface area contributed by atoms with Gasteiger partial charge in [0, 0.05) is 49.7 Å². The Hall–Kier alpha value is -2.76. The molecule has 0 aliphatic heterocycles. The fourth-order valence-electron chi connectivity index (χ4n) is 2.58. The second kappa shape index (κ2) is 8.92. The van der Waals surface area contributed by atoms with E-state index in [1.54, 1.807) is 12.4 Å². The molecule has 0 unspecified atom stereocenters. The van der Waals surface area contributed by atoms with Crippen LogP contribution in [0.25, 0.3) is 11.3 Å². The minimum atomic E-state index is 0.287. The molecular weight excluding hydrogens is 312 g/mol. The fourth-order valence-corrected chi connectivity index (χ4v) is 2.58. The fraction of sp³-hybridized carbons (Fsp3) is 0.200. The van der Waals surface area contributed by atoms with Crippen molar-refractivity contribution in [1.82, 2.24) is 20.6 Å². The van der Waals surface area contributed by atoms with E-state index >= 15 is 0 Å². The first kappa shape index (κ1) is 17.1. The number of hydrogen-bond acceptors (Lipinski definition) is 5. The number of pyridine rings is 2. The third-order valence-corrected chi connectivity index (χ3v) is 3.89. The molecule has 0 saturated heterocycles. The number of aromatic hydroxyl groups is 1. The number of phenols is 1. The van der Waals surface area contributed by atoms with Crippen LogP contribution in [0.3, 0.4) is 0 Å². The van der Waals surface area contributed by atoms with Gasteiger partial charge in [-0.05, 0) is 30.3 Å². The number of rotatable bonds is 8. The maximum atomic E-state index is 10.5. The average molecular weight is 334 g/mol. The van der Waals surface area contributed by atoms with E-state index in [-0.39, 0.29) is 5.75 Å². The lowest BCUT2D eigenvalue weighted by atomic mass is 10.1. The van der Waals surface area contributed by atoms with Gasteiger partial charge in [0.1, 0.15) is 5.75 Å². The van der Waals surface area contributed by atoms with Crippen molar-refractivity contribution in [2.45, 2.75) is 13.1 Å². The van der Waals surface area contributed by atoms with Crippen LogP contribution in [0.2, 0.25) is 0 Å². The number of phenolic OH excluding ortho intramolecular Hbond substituents is 1. The molecule has 3 N–H and O–H groups in total. The molecule has 0 spiro atoms. The Morgan fingerprint density at radius 1 is 0.760 bits per heavy atom. The Morgan fingerprint density at radius 2 is 1.52 bits per heavy atom. The van der Waals surface area contributed by atoms with Gasteiger partial charge in [-0.15, -0.1) is 0 Å². The zero-order valence-electron chi connectivity index (χ0n) is 14.0. The van der Waals surface area contributed by atoms with Gasteiger partial charge in [-0.3, -0.25) is 9.97 Å². The lowest BCUT2D eigenvalue weighted by Crippen LogP contribution is -2.27. The minimum Gasteiger partial charge on any atom is -0.507 e. The van der Waals surface area contributed by atoms with Crippen molar-refractivity contribution in [3.05, 3.63) is 78.2 Å². The van der Waals surface area contributed by atoms with Gasteiger partial charge in [0.2, 0.25) is 0 Å². The highest BCUT2D eigenvalue weighted by Gasteiger charge is 2.09. The molecule has 0 bridgehead atoms. The molecule has 1 aromatic carbocycles. The van der Waals surface area contributed by atoms with Crippen molar-refractivity contribution in [2.24, 2.45) is 0 Å². The Bertz CT molecular complexity index is 778. The molecule has 25 heavy (non-hydrogen) atoms. The highest BCUT2D eigenvalue weighted by molar-refractivity contribution is 5.68. The SMILES string of the molecule is Oc1c(CNCCNCc2ccccn2)cccc1-c1ccccn1. The van der Waals surface area contributed by atoms with Crippen LogP contribution in [0.4, 0.5) is 0 Å². The van der Waals surface area contributed by atoms with Crippen molar-refractivity contribution in [2.75, 3.05) is 13.1 Å². The number of aromatic nitrogens is 2. The summed E-state index contributed by atoms with van der Waals surface area (Å²) < 4.78 is 0. The molecule has 5 nitrogen and oxygen atoms in total. The maximum Gasteiger partial charge on any atom is 0.129 e. The van der Waals surface area contributed by atoms with E-state index in [1.165, 1.54) is 0 Å². The molecule has 0 saturated carbocycles. The molecule has 3 rings (SSSR count). The Morgan fingerprint density at radius 3 is 2.24 bits per heavy atom. The average Bonchev–Trinajstić information content (AvgIpc) is 2.67. The zero-order valence-corrected chi connectivity index (χ0v) is 14.0. The quantitative estimate of drug-likeness (QED) is 0.553. The van der Waals surface area contributed by atoms with Crippen LogP contribution in [0.15, 0.2) is 67.0 Å². The van der Waals surface area contributed by atoms with E-state index in [1.807, 2.05) is 54.6 Å². The summed E-state index contributed by atoms with van der Waals surface area (Å²) in [6, 6.07) is 17.3. The molecule has 0 fully saturated rings. The third-order valence-electron chi connectivity index (χ3n) is 3.89. The van der Waals surface area contributed by atoms with E-state index in [4.69, 9.17) is 0 Å². The highest BCUT2D eigenvalue weighted by atomic mass is 16.3. The van der Waals surface area contributed by atoms with Crippen molar-refractivity contribution in [1.29, 1.82) is 0 Å². The van der Waals surface area contributed by atoms with Crippen LogP contribution < -0.4 is 10.6 Å². The van der Waals surface area contributed by atoms with Gasteiger partial charge < -0.3 is 15.7 Å². The zero-order chi connectivity index (χ0) is 17.3. The molecule has 0 aliphatic rings. The first-order chi connectivity index (χ1) is 12.3. The summed E-state index contributed by atoms with van der Waals surface area (Å²) in [5, 5.41) is 17.2. The number of para-hydroxylation sites is 1. The van der Waals surface area contributed by atoms with Crippen LogP contribution in [0, 0.1) is 0 Å².